The number of benzene rings is 1. The van der Waals surface area contributed by atoms with Gasteiger partial charge in [-0.1, -0.05) is 17.4 Å². The molecule has 0 N–H and O–H groups in total. The number of halogens is 2. The number of anilines is 1. The zero-order valence-electron chi connectivity index (χ0n) is 16.2. The molecule has 0 aliphatic carbocycles. The molecule has 0 bridgehead atoms. The standard InChI is InChI=1S/C19H22BrN3O3S.ClH/c1-12-6-7-13(25-4)16-17(12)27-19(21-16)23(11-5-10-22(2)3)18(24)14-8-9-15(20)26-14;/h6-9H,5,10-11H2,1-4H3;1H. The number of hydrogen-bond acceptors (Lipinski definition) is 6. The molecule has 0 spiro atoms. The molecule has 2 heterocycles. The van der Waals surface area contributed by atoms with E-state index in [1.165, 1.54) is 11.3 Å². The van der Waals surface area contributed by atoms with E-state index in [4.69, 9.17) is 14.1 Å². The van der Waals surface area contributed by atoms with Crippen molar-refractivity contribution >= 4 is 60.9 Å². The summed E-state index contributed by atoms with van der Waals surface area (Å²) in [5.74, 6) is 0.796. The van der Waals surface area contributed by atoms with Gasteiger partial charge in [-0.25, -0.2) is 4.98 Å². The topological polar surface area (TPSA) is 58.8 Å². The molecule has 1 amide bonds. The van der Waals surface area contributed by atoms with E-state index < -0.39 is 0 Å². The lowest BCUT2D eigenvalue weighted by atomic mass is 10.2. The number of hydrogen-bond donors (Lipinski definition) is 0. The van der Waals surface area contributed by atoms with E-state index in [0.29, 0.717) is 22.1 Å². The van der Waals surface area contributed by atoms with Gasteiger partial charge in [-0.3, -0.25) is 9.69 Å². The fraction of sp³-hybridized carbons (Fsp3) is 0.368. The van der Waals surface area contributed by atoms with Crippen LogP contribution in [-0.2, 0) is 0 Å². The van der Waals surface area contributed by atoms with E-state index in [-0.39, 0.29) is 24.1 Å². The SMILES string of the molecule is COc1ccc(C)c2sc(N(CCCN(C)C)C(=O)c3ccc(Br)o3)nc12.Cl. The number of aromatic nitrogens is 1. The quantitative estimate of drug-likeness (QED) is 0.469. The summed E-state index contributed by atoms with van der Waals surface area (Å²) in [6.45, 7) is 3.46. The van der Waals surface area contributed by atoms with Crippen LogP contribution in [0.5, 0.6) is 5.75 Å². The summed E-state index contributed by atoms with van der Waals surface area (Å²) in [6.07, 6.45) is 0.826. The minimum atomic E-state index is -0.199. The van der Waals surface area contributed by atoms with Crippen molar-refractivity contribution in [3.05, 3.63) is 40.3 Å². The number of fused-ring (bicyclic) bond motifs is 1. The highest BCUT2D eigenvalue weighted by Crippen LogP contribution is 2.37. The van der Waals surface area contributed by atoms with Crippen LogP contribution in [0.2, 0.25) is 0 Å². The fourth-order valence-corrected chi connectivity index (χ4v) is 4.15. The molecule has 28 heavy (non-hydrogen) atoms. The van der Waals surface area contributed by atoms with Gasteiger partial charge in [0.2, 0.25) is 0 Å². The first kappa shape index (κ1) is 22.7. The van der Waals surface area contributed by atoms with Crippen LogP contribution >= 0.6 is 39.7 Å². The summed E-state index contributed by atoms with van der Waals surface area (Å²) >= 11 is 4.76. The lowest BCUT2D eigenvalue weighted by Crippen LogP contribution is -2.33. The van der Waals surface area contributed by atoms with Gasteiger partial charge >= 0.3 is 0 Å². The van der Waals surface area contributed by atoms with Crippen LogP contribution in [0.4, 0.5) is 5.13 Å². The third-order valence-corrected chi connectivity index (χ3v) is 5.80. The number of amides is 1. The number of thiazole rings is 1. The first-order chi connectivity index (χ1) is 12.9. The number of ether oxygens (including phenoxy) is 1. The van der Waals surface area contributed by atoms with Crippen molar-refractivity contribution in [1.82, 2.24) is 9.88 Å². The monoisotopic (exact) mass is 487 g/mol. The number of nitrogens with zero attached hydrogens (tertiary/aromatic N) is 3. The molecule has 2 aromatic heterocycles. The molecule has 6 nitrogen and oxygen atoms in total. The third kappa shape index (κ3) is 4.86. The van der Waals surface area contributed by atoms with Crippen LogP contribution in [0.25, 0.3) is 10.2 Å². The van der Waals surface area contributed by atoms with Gasteiger partial charge < -0.3 is 14.1 Å². The van der Waals surface area contributed by atoms with Gasteiger partial charge in [0, 0.05) is 6.54 Å². The van der Waals surface area contributed by atoms with Crippen LogP contribution in [0, 0.1) is 6.92 Å². The zero-order valence-corrected chi connectivity index (χ0v) is 19.4. The van der Waals surface area contributed by atoms with Gasteiger partial charge in [0.15, 0.2) is 15.6 Å². The number of rotatable bonds is 7. The Bertz CT molecular complexity index is 957. The maximum Gasteiger partial charge on any atom is 0.295 e. The summed E-state index contributed by atoms with van der Waals surface area (Å²) in [5, 5.41) is 0.647. The number of aryl methyl sites for hydroxylation is 1. The molecule has 3 aromatic rings. The Morgan fingerprint density at radius 2 is 2.00 bits per heavy atom. The molecule has 0 aliphatic heterocycles. The van der Waals surface area contributed by atoms with Gasteiger partial charge in [-0.15, -0.1) is 12.4 Å². The molecule has 1 aromatic carbocycles. The Labute approximate surface area is 183 Å². The van der Waals surface area contributed by atoms with E-state index in [1.54, 1.807) is 24.1 Å². The molecular weight excluding hydrogens is 466 g/mol. The number of methoxy groups -OCH3 is 1. The zero-order chi connectivity index (χ0) is 19.6. The average Bonchev–Trinajstić information content (AvgIpc) is 3.25. The number of carbonyl (C=O) groups excluding carboxylic acids is 1. The first-order valence-electron chi connectivity index (χ1n) is 8.56. The summed E-state index contributed by atoms with van der Waals surface area (Å²) in [6, 6.07) is 7.30. The number of furan rings is 1. The predicted molar refractivity (Wildman–Crippen MR) is 119 cm³/mol. The fourth-order valence-electron chi connectivity index (χ4n) is 2.77. The van der Waals surface area contributed by atoms with Crippen molar-refractivity contribution in [1.29, 1.82) is 0 Å². The van der Waals surface area contributed by atoms with Crippen LogP contribution in [-0.4, -0.2) is 50.1 Å². The second-order valence-corrected chi connectivity index (χ2v) is 8.24. The maximum atomic E-state index is 13.1. The largest absolute Gasteiger partial charge is 0.494 e. The second-order valence-electron chi connectivity index (χ2n) is 6.48. The van der Waals surface area contributed by atoms with Gasteiger partial charge in [0.05, 0.1) is 11.8 Å². The van der Waals surface area contributed by atoms with Crippen molar-refractivity contribution in [2.75, 3.05) is 39.2 Å². The van der Waals surface area contributed by atoms with Gasteiger partial charge in [0.1, 0.15) is 11.3 Å². The molecule has 9 heteroatoms. The summed E-state index contributed by atoms with van der Waals surface area (Å²) in [7, 11) is 5.66. The summed E-state index contributed by atoms with van der Waals surface area (Å²) < 4.78 is 12.5. The molecular formula is C19H23BrClN3O3S. The summed E-state index contributed by atoms with van der Waals surface area (Å²) in [4.78, 5) is 21.6. The van der Waals surface area contributed by atoms with Gasteiger partial charge in [0.25, 0.3) is 5.91 Å². The Kier molecular flexibility index (Phi) is 7.88. The van der Waals surface area contributed by atoms with Crippen molar-refractivity contribution in [3.8, 4) is 5.75 Å². The molecule has 0 aliphatic rings. The first-order valence-corrected chi connectivity index (χ1v) is 10.2. The van der Waals surface area contributed by atoms with E-state index >= 15 is 0 Å². The molecule has 0 unspecified atom stereocenters. The Morgan fingerprint density at radius 3 is 2.61 bits per heavy atom. The average molecular weight is 489 g/mol. The minimum absolute atomic E-state index is 0. The van der Waals surface area contributed by atoms with Crippen molar-refractivity contribution in [3.63, 3.8) is 0 Å². The Balaban J connectivity index is 0.00000280. The third-order valence-electron chi connectivity index (χ3n) is 4.16. The number of carbonyl (C=O) groups is 1. The lowest BCUT2D eigenvalue weighted by molar-refractivity contribution is 0.0958. The Morgan fingerprint density at radius 1 is 1.25 bits per heavy atom. The molecule has 3 rings (SSSR count). The van der Waals surface area contributed by atoms with E-state index in [2.05, 4.69) is 20.8 Å². The smallest absolute Gasteiger partial charge is 0.295 e. The van der Waals surface area contributed by atoms with Crippen LogP contribution in [0.15, 0.2) is 33.4 Å². The van der Waals surface area contributed by atoms with Gasteiger partial charge in [-0.2, -0.15) is 0 Å². The molecule has 0 saturated heterocycles. The molecule has 0 fully saturated rings. The molecule has 152 valence electrons. The van der Waals surface area contributed by atoms with Crippen molar-refractivity contribution in [2.45, 2.75) is 13.3 Å². The van der Waals surface area contributed by atoms with Crippen LogP contribution in [0.3, 0.4) is 0 Å². The predicted octanol–water partition coefficient (Wildman–Crippen LogP) is 4.99. The summed E-state index contributed by atoms with van der Waals surface area (Å²) in [5.41, 5.74) is 1.89. The van der Waals surface area contributed by atoms with E-state index in [1.807, 2.05) is 33.2 Å². The van der Waals surface area contributed by atoms with E-state index in [9.17, 15) is 4.79 Å². The normalized spacial score (nSPS) is 10.9. The van der Waals surface area contributed by atoms with Gasteiger partial charge in [-0.05, 0) is 73.7 Å². The highest BCUT2D eigenvalue weighted by atomic mass is 79.9. The Hall–Kier alpha value is -1.61. The molecule has 0 radical (unpaired) electrons. The maximum absolute atomic E-state index is 13.1. The molecule has 0 atom stereocenters. The van der Waals surface area contributed by atoms with E-state index in [0.717, 1.165) is 28.7 Å². The highest BCUT2D eigenvalue weighted by molar-refractivity contribution is 9.10. The van der Waals surface area contributed by atoms with Crippen molar-refractivity contribution in [2.24, 2.45) is 0 Å². The highest BCUT2D eigenvalue weighted by Gasteiger charge is 2.24. The second kappa shape index (κ2) is 9.73. The lowest BCUT2D eigenvalue weighted by Gasteiger charge is -2.19. The van der Waals surface area contributed by atoms with Crippen LogP contribution < -0.4 is 9.64 Å². The van der Waals surface area contributed by atoms with Crippen molar-refractivity contribution < 1.29 is 13.9 Å². The minimum Gasteiger partial charge on any atom is -0.494 e. The van der Waals surface area contributed by atoms with Crippen LogP contribution in [0.1, 0.15) is 22.5 Å². The molecule has 0 saturated carbocycles.